The molecule has 4 rings (SSSR count). The van der Waals surface area contributed by atoms with Gasteiger partial charge in [-0.3, -0.25) is 0 Å². The smallest absolute Gasteiger partial charge is 0.230 e. The summed E-state index contributed by atoms with van der Waals surface area (Å²) in [5.41, 5.74) is 3.33. The molecule has 1 aliphatic carbocycles. The van der Waals surface area contributed by atoms with Gasteiger partial charge in [-0.05, 0) is 37.1 Å². The van der Waals surface area contributed by atoms with E-state index >= 15 is 0 Å². The van der Waals surface area contributed by atoms with Crippen LogP contribution in [0.15, 0.2) is 54.3 Å². The van der Waals surface area contributed by atoms with Crippen LogP contribution >= 0.6 is 23.2 Å². The molecular formula is C24H25Cl2N7O2. The maximum atomic E-state index is 6.53. The highest BCUT2D eigenvalue weighted by molar-refractivity contribution is 6.41. The lowest BCUT2D eigenvalue weighted by Crippen LogP contribution is -2.15. The van der Waals surface area contributed by atoms with E-state index in [0.29, 0.717) is 50.4 Å². The largest absolute Gasteiger partial charge is 0.495 e. The van der Waals surface area contributed by atoms with Gasteiger partial charge in [0, 0.05) is 37.8 Å². The molecule has 0 radical (unpaired) electrons. The molecule has 1 aliphatic rings. The van der Waals surface area contributed by atoms with E-state index in [1.54, 1.807) is 18.3 Å². The first-order chi connectivity index (χ1) is 16.9. The van der Waals surface area contributed by atoms with Gasteiger partial charge in [-0.2, -0.15) is 4.98 Å². The van der Waals surface area contributed by atoms with Crippen LogP contribution in [0.4, 0.5) is 17.5 Å². The van der Waals surface area contributed by atoms with Crippen LogP contribution in [0.1, 0.15) is 12.8 Å². The van der Waals surface area contributed by atoms with Crippen molar-refractivity contribution in [2.45, 2.75) is 12.8 Å². The van der Waals surface area contributed by atoms with Gasteiger partial charge in [0.15, 0.2) is 5.82 Å². The number of methoxy groups -OCH3 is 2. The highest BCUT2D eigenvalue weighted by Crippen LogP contribution is 2.45. The average Bonchev–Trinajstić information content (AvgIpc) is 2.87. The van der Waals surface area contributed by atoms with Crippen LogP contribution in [-0.2, 0) is 0 Å². The number of hydrogen-bond donors (Lipinski definition) is 2. The van der Waals surface area contributed by atoms with Crippen molar-refractivity contribution >= 4 is 40.7 Å². The number of ether oxygens (including phenoxy) is 2. The molecule has 0 atom stereocenters. The van der Waals surface area contributed by atoms with Crippen molar-refractivity contribution < 1.29 is 9.47 Å². The molecule has 35 heavy (non-hydrogen) atoms. The summed E-state index contributed by atoms with van der Waals surface area (Å²) in [6, 6.07) is 5.26. The van der Waals surface area contributed by atoms with Crippen molar-refractivity contribution in [3.05, 3.63) is 64.3 Å². The van der Waals surface area contributed by atoms with Crippen molar-refractivity contribution in [2.24, 2.45) is 0 Å². The Morgan fingerprint density at radius 2 is 1.69 bits per heavy atom. The number of halogens is 2. The summed E-state index contributed by atoms with van der Waals surface area (Å²) in [6.45, 7) is 0. The molecule has 2 N–H and O–H groups in total. The van der Waals surface area contributed by atoms with Crippen molar-refractivity contribution in [3.63, 3.8) is 0 Å². The quantitative estimate of drug-likeness (QED) is 0.402. The first-order valence-corrected chi connectivity index (χ1v) is 11.5. The van der Waals surface area contributed by atoms with Crippen molar-refractivity contribution in [3.8, 4) is 22.9 Å². The molecule has 0 saturated heterocycles. The molecule has 9 nitrogen and oxygen atoms in total. The lowest BCUT2D eigenvalue weighted by molar-refractivity contribution is 0.395. The second-order valence-corrected chi connectivity index (χ2v) is 8.57. The van der Waals surface area contributed by atoms with Crippen LogP contribution in [0, 0.1) is 0 Å². The summed E-state index contributed by atoms with van der Waals surface area (Å²) < 4.78 is 10.7. The molecule has 3 aromatic rings. The Kier molecular flexibility index (Phi) is 7.57. The molecule has 0 spiro atoms. The summed E-state index contributed by atoms with van der Waals surface area (Å²) in [5, 5.41) is 7.07. The molecule has 11 heteroatoms. The second kappa shape index (κ2) is 10.8. The Labute approximate surface area is 213 Å². The molecule has 0 saturated carbocycles. The minimum Gasteiger partial charge on any atom is -0.495 e. The minimum absolute atomic E-state index is 0.294. The van der Waals surface area contributed by atoms with Gasteiger partial charge in [-0.15, -0.1) is 0 Å². The van der Waals surface area contributed by atoms with Gasteiger partial charge in [0.25, 0.3) is 0 Å². The zero-order chi connectivity index (χ0) is 24.9. The number of benzene rings is 1. The predicted molar refractivity (Wildman–Crippen MR) is 139 cm³/mol. The molecule has 0 unspecified atom stereocenters. The lowest BCUT2D eigenvalue weighted by atomic mass is 10.1. The molecule has 0 fully saturated rings. The van der Waals surface area contributed by atoms with Crippen LogP contribution < -0.4 is 20.1 Å². The Bertz CT molecular complexity index is 1270. The predicted octanol–water partition coefficient (Wildman–Crippen LogP) is 5.54. The third-order valence-electron chi connectivity index (χ3n) is 5.41. The third kappa shape index (κ3) is 5.41. The van der Waals surface area contributed by atoms with Crippen molar-refractivity contribution in [2.75, 3.05) is 38.9 Å². The molecule has 2 aromatic heterocycles. The molecular weight excluding hydrogens is 489 g/mol. The van der Waals surface area contributed by atoms with E-state index < -0.39 is 0 Å². The summed E-state index contributed by atoms with van der Waals surface area (Å²) in [7, 11) is 7.11. The van der Waals surface area contributed by atoms with Gasteiger partial charge in [-0.25, -0.2) is 15.0 Å². The average molecular weight is 514 g/mol. The van der Waals surface area contributed by atoms with E-state index in [4.69, 9.17) is 32.7 Å². The van der Waals surface area contributed by atoms with Crippen LogP contribution in [0.2, 0.25) is 10.0 Å². The van der Waals surface area contributed by atoms with Crippen LogP contribution in [0.5, 0.6) is 11.5 Å². The fraction of sp³-hybridized carbons (Fsp3) is 0.250. The third-order valence-corrected chi connectivity index (χ3v) is 6.16. The first-order valence-electron chi connectivity index (χ1n) is 10.8. The summed E-state index contributed by atoms with van der Waals surface area (Å²) in [4.78, 5) is 19.8. The van der Waals surface area contributed by atoms with E-state index in [9.17, 15) is 0 Å². The Hall–Kier alpha value is -3.56. The Morgan fingerprint density at radius 1 is 0.943 bits per heavy atom. The number of aromatic nitrogens is 4. The topological polar surface area (TPSA) is 97.3 Å². The normalized spacial score (nSPS) is 13.0. The van der Waals surface area contributed by atoms with E-state index in [1.807, 2.05) is 26.2 Å². The highest BCUT2D eigenvalue weighted by atomic mass is 35.5. The zero-order valence-corrected chi connectivity index (χ0v) is 21.3. The van der Waals surface area contributed by atoms with Gasteiger partial charge in [0.2, 0.25) is 5.95 Å². The fourth-order valence-corrected chi connectivity index (χ4v) is 4.13. The molecule has 1 aromatic carbocycles. The van der Waals surface area contributed by atoms with Gasteiger partial charge < -0.3 is 25.0 Å². The lowest BCUT2D eigenvalue weighted by Gasteiger charge is -2.21. The van der Waals surface area contributed by atoms with Crippen LogP contribution in [0.25, 0.3) is 11.4 Å². The number of anilines is 3. The van der Waals surface area contributed by atoms with E-state index in [2.05, 4.69) is 41.5 Å². The van der Waals surface area contributed by atoms with E-state index in [1.165, 1.54) is 26.2 Å². The van der Waals surface area contributed by atoms with E-state index in [0.717, 1.165) is 18.5 Å². The molecule has 182 valence electrons. The summed E-state index contributed by atoms with van der Waals surface area (Å²) in [6.07, 6.45) is 9.03. The monoisotopic (exact) mass is 513 g/mol. The second-order valence-electron chi connectivity index (χ2n) is 7.81. The minimum atomic E-state index is 0.294. The number of rotatable bonds is 8. The summed E-state index contributed by atoms with van der Waals surface area (Å²) in [5.74, 6) is 2.15. The van der Waals surface area contributed by atoms with Gasteiger partial charge in [0.05, 0.1) is 25.5 Å². The number of pyridine rings is 1. The SMILES string of the molecule is COc1cc(OC)c(Cl)c(Nc2ncccc2-c2ncnc(NC3=CC=C(N(C)C)CC3)n2)c1Cl. The Morgan fingerprint density at radius 3 is 2.31 bits per heavy atom. The van der Waals surface area contributed by atoms with Gasteiger partial charge in [0.1, 0.15) is 33.7 Å². The van der Waals surface area contributed by atoms with Gasteiger partial charge in [-0.1, -0.05) is 23.2 Å². The maximum absolute atomic E-state index is 6.53. The fourth-order valence-electron chi connectivity index (χ4n) is 3.53. The van der Waals surface area contributed by atoms with Crippen LogP contribution in [-0.4, -0.2) is 53.2 Å². The molecule has 0 bridgehead atoms. The number of nitrogens with zero attached hydrogens (tertiary/aromatic N) is 5. The standard InChI is InChI=1S/C24H25Cl2N7O2/c1-33(2)15-9-7-14(8-10-15)30-24-29-13-28-23(32-24)16-6-5-11-27-22(16)31-21-19(25)17(34-3)12-18(35-4)20(21)26/h5-7,9,11-13H,8,10H2,1-4H3,(H,27,31)(H,28,29,30,32). The number of hydrogen-bond acceptors (Lipinski definition) is 9. The molecule has 0 aliphatic heterocycles. The number of allylic oxidation sites excluding steroid dienone is 4. The maximum Gasteiger partial charge on any atom is 0.230 e. The summed E-state index contributed by atoms with van der Waals surface area (Å²) >= 11 is 13.1. The van der Waals surface area contributed by atoms with E-state index in [-0.39, 0.29) is 0 Å². The van der Waals surface area contributed by atoms with Crippen molar-refractivity contribution in [1.82, 2.24) is 24.8 Å². The van der Waals surface area contributed by atoms with Gasteiger partial charge >= 0.3 is 0 Å². The number of nitrogens with one attached hydrogen (secondary N) is 2. The van der Waals surface area contributed by atoms with Crippen LogP contribution in [0.3, 0.4) is 0 Å². The van der Waals surface area contributed by atoms with Crippen molar-refractivity contribution in [1.29, 1.82) is 0 Å². The molecule has 0 amide bonds. The first kappa shape index (κ1) is 24.6. The zero-order valence-electron chi connectivity index (χ0n) is 19.8. The highest BCUT2D eigenvalue weighted by Gasteiger charge is 2.20. The molecule has 2 heterocycles. The Balaban J connectivity index is 1.65.